The highest BCUT2D eigenvalue weighted by Gasteiger charge is 2.27. The molecule has 8 heteroatoms. The van der Waals surface area contributed by atoms with Gasteiger partial charge >= 0.3 is 17.1 Å². The topological polar surface area (TPSA) is 91.1 Å². The van der Waals surface area contributed by atoms with Crippen LogP contribution in [0.4, 0.5) is 0 Å². The van der Waals surface area contributed by atoms with Crippen LogP contribution in [0.2, 0.25) is 0 Å². The summed E-state index contributed by atoms with van der Waals surface area (Å²) < 4.78 is 13.2. The normalized spacial score (nSPS) is 24.5. The third-order valence-corrected chi connectivity index (χ3v) is 3.36. The molecule has 2 saturated heterocycles. The lowest BCUT2D eigenvalue weighted by molar-refractivity contribution is 0.352. The zero-order valence-electron chi connectivity index (χ0n) is 10.6. The number of hydrogen-bond acceptors (Lipinski definition) is 5. The standard InChI is InChI=1S/C11H15N3O5/c1-12-9(15)13(3-2-7-5-18-7)11(17)14(10(12)16)4-8-6-19-8/h7-8H,2-6H2,1H3/t7?,8-/m1/s1. The molecule has 2 fully saturated rings. The summed E-state index contributed by atoms with van der Waals surface area (Å²) in [7, 11) is 1.37. The number of aromatic nitrogens is 3. The van der Waals surface area contributed by atoms with E-state index in [2.05, 4.69) is 0 Å². The number of nitrogens with zero attached hydrogens (tertiary/aromatic N) is 3. The first-order chi connectivity index (χ1) is 9.08. The Labute approximate surface area is 107 Å². The minimum Gasteiger partial charge on any atom is -0.373 e. The van der Waals surface area contributed by atoms with E-state index < -0.39 is 17.1 Å². The van der Waals surface area contributed by atoms with Crippen LogP contribution in [0.25, 0.3) is 0 Å². The maximum atomic E-state index is 12.2. The van der Waals surface area contributed by atoms with E-state index in [0.29, 0.717) is 19.6 Å². The van der Waals surface area contributed by atoms with Crippen LogP contribution < -0.4 is 17.1 Å². The summed E-state index contributed by atoms with van der Waals surface area (Å²) in [5.74, 6) is 0. The molecule has 2 atom stereocenters. The number of rotatable bonds is 5. The van der Waals surface area contributed by atoms with Crippen molar-refractivity contribution < 1.29 is 9.47 Å². The summed E-state index contributed by atoms with van der Waals surface area (Å²) in [6.07, 6.45) is 0.639. The fourth-order valence-electron chi connectivity index (χ4n) is 1.99. The summed E-state index contributed by atoms with van der Waals surface area (Å²) in [5, 5.41) is 0. The number of ether oxygens (including phenoxy) is 2. The van der Waals surface area contributed by atoms with Gasteiger partial charge in [-0.05, 0) is 6.42 Å². The molecule has 19 heavy (non-hydrogen) atoms. The maximum absolute atomic E-state index is 12.2. The molecule has 0 aromatic carbocycles. The Morgan fingerprint density at radius 1 is 1.00 bits per heavy atom. The lowest BCUT2D eigenvalue weighted by Crippen LogP contribution is -2.54. The second-order valence-electron chi connectivity index (χ2n) is 4.87. The third kappa shape index (κ3) is 2.41. The molecule has 3 heterocycles. The molecule has 1 aromatic heterocycles. The van der Waals surface area contributed by atoms with Gasteiger partial charge in [-0.2, -0.15) is 0 Å². The van der Waals surface area contributed by atoms with Crippen LogP contribution in [0.1, 0.15) is 6.42 Å². The van der Waals surface area contributed by atoms with Gasteiger partial charge in [0.15, 0.2) is 0 Å². The van der Waals surface area contributed by atoms with Gasteiger partial charge in [0.1, 0.15) is 0 Å². The summed E-state index contributed by atoms with van der Waals surface area (Å²) in [6.45, 7) is 1.68. The van der Waals surface area contributed by atoms with Crippen LogP contribution in [-0.2, 0) is 29.6 Å². The van der Waals surface area contributed by atoms with E-state index >= 15 is 0 Å². The van der Waals surface area contributed by atoms with Crippen molar-refractivity contribution in [3.63, 3.8) is 0 Å². The molecular formula is C11H15N3O5. The summed E-state index contributed by atoms with van der Waals surface area (Å²) in [5.41, 5.74) is -1.74. The Morgan fingerprint density at radius 3 is 2.16 bits per heavy atom. The van der Waals surface area contributed by atoms with Crippen molar-refractivity contribution in [3.8, 4) is 0 Å². The smallest absolute Gasteiger partial charge is 0.336 e. The fraction of sp³-hybridized carbons (Fsp3) is 0.727. The van der Waals surface area contributed by atoms with Gasteiger partial charge in [-0.25, -0.2) is 28.1 Å². The van der Waals surface area contributed by atoms with Crippen molar-refractivity contribution in [1.29, 1.82) is 0 Å². The van der Waals surface area contributed by atoms with Gasteiger partial charge in [0.25, 0.3) is 0 Å². The van der Waals surface area contributed by atoms with Crippen LogP contribution in [0.3, 0.4) is 0 Å². The molecule has 104 valence electrons. The number of epoxide rings is 2. The van der Waals surface area contributed by atoms with Crippen molar-refractivity contribution in [3.05, 3.63) is 31.5 Å². The Bertz CT molecular complexity index is 662. The monoisotopic (exact) mass is 269 g/mol. The van der Waals surface area contributed by atoms with Gasteiger partial charge in [-0.1, -0.05) is 0 Å². The minimum atomic E-state index is -0.593. The zero-order chi connectivity index (χ0) is 13.6. The largest absolute Gasteiger partial charge is 0.373 e. The minimum absolute atomic E-state index is 0.0943. The Kier molecular flexibility index (Phi) is 2.90. The second-order valence-corrected chi connectivity index (χ2v) is 4.87. The van der Waals surface area contributed by atoms with E-state index in [4.69, 9.17) is 9.47 Å². The maximum Gasteiger partial charge on any atom is 0.336 e. The van der Waals surface area contributed by atoms with Crippen LogP contribution in [0.15, 0.2) is 14.4 Å². The number of hydrogen-bond donors (Lipinski definition) is 0. The molecular weight excluding hydrogens is 254 g/mol. The molecule has 1 aromatic rings. The van der Waals surface area contributed by atoms with E-state index in [1.807, 2.05) is 0 Å². The quantitative estimate of drug-likeness (QED) is 0.571. The van der Waals surface area contributed by atoms with Gasteiger partial charge in [0.05, 0.1) is 32.0 Å². The molecule has 2 aliphatic heterocycles. The van der Waals surface area contributed by atoms with Crippen molar-refractivity contribution in [2.45, 2.75) is 31.7 Å². The summed E-state index contributed by atoms with van der Waals surface area (Å²) in [6, 6.07) is 0. The van der Waals surface area contributed by atoms with Crippen LogP contribution in [0, 0.1) is 0 Å². The Balaban J connectivity index is 2.00. The summed E-state index contributed by atoms with van der Waals surface area (Å²) >= 11 is 0. The highest BCUT2D eigenvalue weighted by molar-refractivity contribution is 4.82. The predicted molar refractivity (Wildman–Crippen MR) is 64.3 cm³/mol. The van der Waals surface area contributed by atoms with Crippen molar-refractivity contribution in [1.82, 2.24) is 13.7 Å². The van der Waals surface area contributed by atoms with E-state index in [9.17, 15) is 14.4 Å². The summed E-state index contributed by atoms with van der Waals surface area (Å²) in [4.78, 5) is 36.0. The van der Waals surface area contributed by atoms with E-state index in [0.717, 1.165) is 13.7 Å². The lowest BCUT2D eigenvalue weighted by Gasteiger charge is -2.10. The molecule has 0 radical (unpaired) electrons. The van der Waals surface area contributed by atoms with Gasteiger partial charge in [0, 0.05) is 13.6 Å². The van der Waals surface area contributed by atoms with Crippen LogP contribution in [0.5, 0.6) is 0 Å². The Morgan fingerprint density at radius 2 is 1.58 bits per heavy atom. The van der Waals surface area contributed by atoms with Crippen molar-refractivity contribution in [2.75, 3.05) is 13.2 Å². The van der Waals surface area contributed by atoms with Gasteiger partial charge in [-0.3, -0.25) is 0 Å². The van der Waals surface area contributed by atoms with E-state index in [1.165, 1.54) is 7.05 Å². The lowest BCUT2D eigenvalue weighted by atomic mass is 10.3. The average molecular weight is 269 g/mol. The van der Waals surface area contributed by atoms with E-state index in [-0.39, 0.29) is 25.3 Å². The van der Waals surface area contributed by atoms with E-state index in [1.54, 1.807) is 0 Å². The molecule has 8 nitrogen and oxygen atoms in total. The van der Waals surface area contributed by atoms with Crippen molar-refractivity contribution in [2.24, 2.45) is 7.05 Å². The molecule has 0 saturated carbocycles. The van der Waals surface area contributed by atoms with Gasteiger partial charge < -0.3 is 9.47 Å². The van der Waals surface area contributed by atoms with Gasteiger partial charge in [0.2, 0.25) is 0 Å². The van der Waals surface area contributed by atoms with Crippen LogP contribution in [-0.4, -0.2) is 39.1 Å². The Hall–Kier alpha value is -1.67. The zero-order valence-corrected chi connectivity index (χ0v) is 10.6. The second kappa shape index (κ2) is 4.46. The molecule has 0 N–H and O–H groups in total. The highest BCUT2D eigenvalue weighted by atomic mass is 16.6. The molecule has 1 unspecified atom stereocenters. The molecule has 0 spiro atoms. The first-order valence-electron chi connectivity index (χ1n) is 6.22. The fourth-order valence-corrected chi connectivity index (χ4v) is 1.99. The SMILES string of the molecule is Cn1c(=O)n(CCC2CO2)c(=O)n(C[C@@H]2CO2)c1=O. The molecule has 0 amide bonds. The molecule has 0 aliphatic carbocycles. The first-order valence-corrected chi connectivity index (χ1v) is 6.22. The predicted octanol–water partition coefficient (Wildman–Crippen LogP) is -2.10. The van der Waals surface area contributed by atoms with Crippen molar-refractivity contribution >= 4 is 0 Å². The first kappa shape index (κ1) is 12.4. The van der Waals surface area contributed by atoms with Gasteiger partial charge in [-0.15, -0.1) is 0 Å². The molecule has 0 bridgehead atoms. The average Bonchev–Trinajstić information content (AvgIpc) is 3.25. The highest BCUT2D eigenvalue weighted by Crippen LogP contribution is 2.13. The molecule has 2 aliphatic rings. The third-order valence-electron chi connectivity index (χ3n) is 3.36. The van der Waals surface area contributed by atoms with Crippen LogP contribution >= 0.6 is 0 Å². The molecule has 3 rings (SSSR count).